The Labute approximate surface area is 130 Å². The van der Waals surface area contributed by atoms with E-state index in [0.717, 1.165) is 31.8 Å². The Kier molecular flexibility index (Phi) is 6.49. The molecular formula is C17H33N3O. The minimum absolute atomic E-state index is 0.206. The number of hydrogen-bond acceptors (Lipinski definition) is 3. The standard InChI is InChI=1S/C17H33N3O/c1-14-6-8-15(9-7-14)19(2)16(13-18)12-17(21)20-10-4-3-5-11-20/h14-16H,3-13,18H2,1-2H3. The molecule has 2 N–H and O–H groups in total. The van der Waals surface area contributed by atoms with Crippen molar-refractivity contribution in [3.63, 3.8) is 0 Å². The van der Waals surface area contributed by atoms with E-state index in [-0.39, 0.29) is 6.04 Å². The SMILES string of the molecule is CC1CCC(N(C)C(CN)CC(=O)N2CCCCC2)CC1. The molecule has 1 amide bonds. The van der Waals surface area contributed by atoms with Crippen LogP contribution in [0.2, 0.25) is 0 Å². The van der Waals surface area contributed by atoms with E-state index in [1.54, 1.807) is 0 Å². The quantitative estimate of drug-likeness (QED) is 0.846. The highest BCUT2D eigenvalue weighted by Crippen LogP contribution is 2.28. The molecule has 1 saturated heterocycles. The van der Waals surface area contributed by atoms with Gasteiger partial charge in [0.15, 0.2) is 0 Å². The number of hydrogen-bond donors (Lipinski definition) is 1. The van der Waals surface area contributed by atoms with Crippen molar-refractivity contribution < 1.29 is 4.79 Å². The summed E-state index contributed by atoms with van der Waals surface area (Å²) < 4.78 is 0. The molecule has 1 atom stereocenters. The maximum Gasteiger partial charge on any atom is 0.224 e. The van der Waals surface area contributed by atoms with Crippen molar-refractivity contribution >= 4 is 5.91 Å². The number of piperidine rings is 1. The minimum atomic E-state index is 0.206. The molecule has 1 aliphatic carbocycles. The summed E-state index contributed by atoms with van der Waals surface area (Å²) in [6, 6.07) is 0.821. The highest BCUT2D eigenvalue weighted by atomic mass is 16.2. The summed E-state index contributed by atoms with van der Waals surface area (Å²) in [6.07, 6.45) is 9.32. The second-order valence-corrected chi connectivity index (χ2v) is 7.11. The van der Waals surface area contributed by atoms with Crippen LogP contribution in [0.15, 0.2) is 0 Å². The molecule has 0 aromatic heterocycles. The molecule has 0 radical (unpaired) electrons. The first-order chi connectivity index (χ1) is 10.1. The van der Waals surface area contributed by atoms with Crippen molar-refractivity contribution in [2.75, 3.05) is 26.7 Å². The van der Waals surface area contributed by atoms with Gasteiger partial charge in [0, 0.05) is 38.1 Å². The Bertz CT molecular complexity index is 320. The van der Waals surface area contributed by atoms with E-state index in [4.69, 9.17) is 5.73 Å². The molecule has 4 nitrogen and oxygen atoms in total. The number of carbonyl (C=O) groups is 1. The van der Waals surface area contributed by atoms with E-state index in [1.165, 1.54) is 32.1 Å². The molecule has 0 spiro atoms. The Hall–Kier alpha value is -0.610. The molecule has 2 aliphatic rings. The van der Waals surface area contributed by atoms with Gasteiger partial charge in [-0.05, 0) is 57.9 Å². The Balaban J connectivity index is 1.84. The lowest BCUT2D eigenvalue weighted by Crippen LogP contribution is -2.48. The van der Waals surface area contributed by atoms with Crippen LogP contribution in [0.4, 0.5) is 0 Å². The fourth-order valence-corrected chi connectivity index (χ4v) is 3.82. The van der Waals surface area contributed by atoms with Gasteiger partial charge in [0.25, 0.3) is 0 Å². The number of nitrogens with two attached hydrogens (primary N) is 1. The van der Waals surface area contributed by atoms with Crippen LogP contribution in [0.5, 0.6) is 0 Å². The summed E-state index contributed by atoms with van der Waals surface area (Å²) in [5.41, 5.74) is 5.97. The molecule has 2 fully saturated rings. The molecule has 122 valence electrons. The van der Waals surface area contributed by atoms with E-state index < -0.39 is 0 Å². The summed E-state index contributed by atoms with van der Waals surface area (Å²) in [7, 11) is 2.17. The Morgan fingerprint density at radius 3 is 2.38 bits per heavy atom. The Morgan fingerprint density at radius 2 is 1.81 bits per heavy atom. The number of nitrogens with zero attached hydrogens (tertiary/aromatic N) is 2. The zero-order valence-corrected chi connectivity index (χ0v) is 13.9. The van der Waals surface area contributed by atoms with Gasteiger partial charge in [-0.1, -0.05) is 6.92 Å². The van der Waals surface area contributed by atoms with Crippen LogP contribution in [0.1, 0.15) is 58.3 Å². The molecule has 1 saturated carbocycles. The van der Waals surface area contributed by atoms with Crippen LogP contribution in [0.3, 0.4) is 0 Å². The van der Waals surface area contributed by atoms with Gasteiger partial charge in [-0.2, -0.15) is 0 Å². The molecule has 1 unspecified atom stereocenters. The maximum absolute atomic E-state index is 12.5. The zero-order valence-electron chi connectivity index (χ0n) is 13.9. The molecule has 21 heavy (non-hydrogen) atoms. The first-order valence-electron chi connectivity index (χ1n) is 8.81. The fourth-order valence-electron chi connectivity index (χ4n) is 3.82. The zero-order chi connectivity index (χ0) is 15.2. The maximum atomic E-state index is 12.5. The lowest BCUT2D eigenvalue weighted by molar-refractivity contribution is -0.133. The van der Waals surface area contributed by atoms with E-state index in [9.17, 15) is 4.79 Å². The predicted molar refractivity (Wildman–Crippen MR) is 87.1 cm³/mol. The largest absolute Gasteiger partial charge is 0.343 e. The van der Waals surface area contributed by atoms with Gasteiger partial charge in [0.05, 0.1) is 0 Å². The minimum Gasteiger partial charge on any atom is -0.343 e. The number of rotatable bonds is 5. The third-order valence-corrected chi connectivity index (χ3v) is 5.53. The van der Waals surface area contributed by atoms with Gasteiger partial charge in [0.2, 0.25) is 5.91 Å². The number of carbonyl (C=O) groups excluding carboxylic acids is 1. The molecule has 1 heterocycles. The third-order valence-electron chi connectivity index (χ3n) is 5.53. The van der Waals surface area contributed by atoms with E-state index in [0.29, 0.717) is 24.9 Å². The lowest BCUT2D eigenvalue weighted by Gasteiger charge is -2.39. The van der Waals surface area contributed by atoms with Gasteiger partial charge in [-0.3, -0.25) is 9.69 Å². The summed E-state index contributed by atoms with van der Waals surface area (Å²) in [6.45, 7) is 4.82. The molecule has 1 aliphatic heterocycles. The summed E-state index contributed by atoms with van der Waals surface area (Å²) in [5, 5.41) is 0. The molecule has 0 aromatic carbocycles. The number of amides is 1. The van der Waals surface area contributed by atoms with Crippen LogP contribution in [0, 0.1) is 5.92 Å². The average molecular weight is 295 g/mol. The normalized spacial score (nSPS) is 28.7. The van der Waals surface area contributed by atoms with Gasteiger partial charge >= 0.3 is 0 Å². The second-order valence-electron chi connectivity index (χ2n) is 7.11. The van der Waals surface area contributed by atoms with Crippen molar-refractivity contribution in [1.82, 2.24) is 9.80 Å². The summed E-state index contributed by atoms with van der Waals surface area (Å²) >= 11 is 0. The predicted octanol–water partition coefficient (Wildman–Crippen LogP) is 2.23. The van der Waals surface area contributed by atoms with Crippen molar-refractivity contribution in [3.8, 4) is 0 Å². The first kappa shape index (κ1) is 16.8. The fraction of sp³-hybridized carbons (Fsp3) is 0.941. The van der Waals surface area contributed by atoms with E-state index in [2.05, 4.69) is 18.9 Å². The molecule has 0 aromatic rings. The van der Waals surface area contributed by atoms with Crippen LogP contribution in [-0.2, 0) is 4.79 Å². The second kappa shape index (κ2) is 8.14. The summed E-state index contributed by atoms with van der Waals surface area (Å²) in [4.78, 5) is 16.9. The smallest absolute Gasteiger partial charge is 0.224 e. The van der Waals surface area contributed by atoms with Crippen LogP contribution >= 0.6 is 0 Å². The van der Waals surface area contributed by atoms with Crippen LogP contribution in [-0.4, -0.2) is 54.5 Å². The molecule has 4 heteroatoms. The van der Waals surface area contributed by atoms with Crippen molar-refractivity contribution in [1.29, 1.82) is 0 Å². The van der Waals surface area contributed by atoms with Crippen LogP contribution < -0.4 is 5.73 Å². The topological polar surface area (TPSA) is 49.6 Å². The van der Waals surface area contributed by atoms with Gasteiger partial charge in [0.1, 0.15) is 0 Å². The van der Waals surface area contributed by atoms with Gasteiger partial charge in [-0.15, -0.1) is 0 Å². The Morgan fingerprint density at radius 1 is 1.19 bits per heavy atom. The van der Waals surface area contributed by atoms with Crippen molar-refractivity contribution in [3.05, 3.63) is 0 Å². The van der Waals surface area contributed by atoms with Crippen molar-refractivity contribution in [2.24, 2.45) is 11.7 Å². The highest BCUT2D eigenvalue weighted by molar-refractivity contribution is 5.77. The monoisotopic (exact) mass is 295 g/mol. The van der Waals surface area contributed by atoms with Gasteiger partial charge < -0.3 is 10.6 Å². The number of likely N-dealkylation sites (tertiary alicyclic amines) is 1. The van der Waals surface area contributed by atoms with Gasteiger partial charge in [-0.25, -0.2) is 0 Å². The molecular weight excluding hydrogens is 262 g/mol. The first-order valence-corrected chi connectivity index (χ1v) is 8.81. The average Bonchev–Trinajstić information content (AvgIpc) is 2.53. The summed E-state index contributed by atoms with van der Waals surface area (Å²) in [5.74, 6) is 1.17. The molecule has 0 bridgehead atoms. The van der Waals surface area contributed by atoms with E-state index >= 15 is 0 Å². The third kappa shape index (κ3) is 4.68. The highest BCUT2D eigenvalue weighted by Gasteiger charge is 2.28. The van der Waals surface area contributed by atoms with Crippen LogP contribution in [0.25, 0.3) is 0 Å². The van der Waals surface area contributed by atoms with E-state index in [1.807, 2.05) is 4.90 Å². The molecule has 2 rings (SSSR count). The number of likely N-dealkylation sites (N-methyl/N-ethyl adjacent to an activating group) is 1. The lowest BCUT2D eigenvalue weighted by atomic mass is 9.86. The van der Waals surface area contributed by atoms with Crippen molar-refractivity contribution in [2.45, 2.75) is 70.4 Å².